The zero-order chi connectivity index (χ0) is 22.0. The van der Waals surface area contributed by atoms with Crippen LogP contribution in [0.1, 0.15) is 19.2 Å². The number of amides is 1. The first kappa shape index (κ1) is 20.7. The van der Waals surface area contributed by atoms with Gasteiger partial charge in [0.2, 0.25) is 11.6 Å². The highest BCUT2D eigenvalue weighted by Crippen LogP contribution is 2.16. The number of halogens is 2. The van der Waals surface area contributed by atoms with Gasteiger partial charge >= 0.3 is 5.56 Å². The van der Waals surface area contributed by atoms with E-state index in [1.807, 2.05) is 6.92 Å². The van der Waals surface area contributed by atoms with E-state index in [1.54, 1.807) is 47.1 Å². The van der Waals surface area contributed by atoms with Crippen LogP contribution in [0.3, 0.4) is 0 Å². The number of carbonyl (C=O) groups excluding carboxylic acids is 1. The highest BCUT2D eigenvalue weighted by Gasteiger charge is 2.16. The zero-order valence-electron chi connectivity index (χ0n) is 16.6. The molecule has 0 saturated carbocycles. The van der Waals surface area contributed by atoms with Crippen molar-refractivity contribution in [3.8, 4) is 5.69 Å². The first-order valence-corrected chi connectivity index (χ1v) is 10.0. The molecule has 0 fully saturated rings. The molecule has 0 aliphatic carbocycles. The number of benzene rings is 2. The fraction of sp³-hybridized carbons (Fsp3) is 0.182. The van der Waals surface area contributed by atoms with Gasteiger partial charge in [0.15, 0.2) is 0 Å². The summed E-state index contributed by atoms with van der Waals surface area (Å²) in [6.45, 7) is 1.93. The molecule has 4 aromatic rings. The van der Waals surface area contributed by atoms with Crippen LogP contribution >= 0.6 is 11.6 Å². The van der Waals surface area contributed by atoms with Crippen molar-refractivity contribution in [3.63, 3.8) is 0 Å². The minimum absolute atomic E-state index is 0.0367. The number of aromatic nitrogens is 4. The molecule has 1 amide bonds. The van der Waals surface area contributed by atoms with E-state index in [4.69, 9.17) is 11.6 Å². The molecule has 0 radical (unpaired) electrons. The predicted octanol–water partition coefficient (Wildman–Crippen LogP) is 3.88. The van der Waals surface area contributed by atoms with Gasteiger partial charge in [-0.05, 0) is 48.4 Å². The molecule has 4 rings (SSSR count). The number of fused-ring (bicyclic) bond motifs is 1. The summed E-state index contributed by atoms with van der Waals surface area (Å²) in [5, 5.41) is 11.6. The second-order valence-electron chi connectivity index (χ2n) is 7.33. The monoisotopic (exact) mass is 439 g/mol. The molecule has 9 heteroatoms. The summed E-state index contributed by atoms with van der Waals surface area (Å²) in [6.07, 6.45) is 3.95. The van der Waals surface area contributed by atoms with Gasteiger partial charge in [-0.1, -0.05) is 24.6 Å². The Morgan fingerprint density at radius 2 is 1.94 bits per heavy atom. The number of carbonyl (C=O) groups is 1. The van der Waals surface area contributed by atoms with Crippen molar-refractivity contribution in [1.82, 2.24) is 19.2 Å². The normalized spacial score (nSPS) is 12.1. The lowest BCUT2D eigenvalue weighted by molar-refractivity contribution is -0.116. The Labute approximate surface area is 182 Å². The van der Waals surface area contributed by atoms with Crippen LogP contribution in [0, 0.1) is 11.7 Å². The van der Waals surface area contributed by atoms with Crippen LogP contribution in [0.2, 0.25) is 5.02 Å². The third kappa shape index (κ3) is 4.64. The Hall–Kier alpha value is -3.52. The van der Waals surface area contributed by atoms with E-state index in [1.165, 1.54) is 22.8 Å². The second kappa shape index (κ2) is 8.69. The van der Waals surface area contributed by atoms with Crippen molar-refractivity contribution in [2.24, 2.45) is 5.92 Å². The minimum atomic E-state index is -0.433. The van der Waals surface area contributed by atoms with Crippen LogP contribution in [0.15, 0.2) is 65.7 Å². The molecule has 7 nitrogen and oxygen atoms in total. The summed E-state index contributed by atoms with van der Waals surface area (Å²) in [5.41, 5.74) is 0.816. The lowest BCUT2D eigenvalue weighted by Crippen LogP contribution is -2.21. The van der Waals surface area contributed by atoms with Gasteiger partial charge in [0.25, 0.3) is 0 Å². The van der Waals surface area contributed by atoms with Crippen LogP contribution in [-0.2, 0) is 11.2 Å². The topological polar surface area (TPSA) is 81.3 Å². The summed E-state index contributed by atoms with van der Waals surface area (Å²) in [5.74, 6) is -0.0233. The summed E-state index contributed by atoms with van der Waals surface area (Å²) in [4.78, 5) is 25.1. The fourth-order valence-corrected chi connectivity index (χ4v) is 3.47. The van der Waals surface area contributed by atoms with E-state index in [0.717, 1.165) is 0 Å². The van der Waals surface area contributed by atoms with E-state index in [0.29, 0.717) is 28.6 Å². The number of hydrogen-bond acceptors (Lipinski definition) is 4. The van der Waals surface area contributed by atoms with E-state index in [-0.39, 0.29) is 23.9 Å². The molecular formula is C22H19ClFN5O2. The highest BCUT2D eigenvalue weighted by atomic mass is 35.5. The van der Waals surface area contributed by atoms with Crippen molar-refractivity contribution < 1.29 is 9.18 Å². The number of anilines is 1. The molecule has 0 spiro atoms. The van der Waals surface area contributed by atoms with Crippen molar-refractivity contribution in [2.75, 3.05) is 5.32 Å². The Balaban J connectivity index is 1.48. The molecule has 2 aromatic carbocycles. The quantitative estimate of drug-likeness (QED) is 0.494. The van der Waals surface area contributed by atoms with Crippen LogP contribution in [0.4, 0.5) is 10.1 Å². The average molecular weight is 440 g/mol. The maximum absolute atomic E-state index is 13.5. The van der Waals surface area contributed by atoms with E-state index in [2.05, 4.69) is 15.5 Å². The van der Waals surface area contributed by atoms with Crippen molar-refractivity contribution in [2.45, 2.75) is 19.8 Å². The van der Waals surface area contributed by atoms with E-state index >= 15 is 0 Å². The number of rotatable bonds is 6. The molecular weight excluding hydrogens is 421 g/mol. The number of nitrogens with one attached hydrogen (secondary N) is 1. The highest BCUT2D eigenvalue weighted by molar-refractivity contribution is 6.30. The summed E-state index contributed by atoms with van der Waals surface area (Å²) in [6, 6.07) is 12.6. The third-order valence-corrected chi connectivity index (χ3v) is 5.07. The molecule has 1 N–H and O–H groups in total. The molecule has 0 aliphatic heterocycles. The van der Waals surface area contributed by atoms with Crippen LogP contribution in [-0.4, -0.2) is 25.1 Å². The Morgan fingerprint density at radius 3 is 2.68 bits per heavy atom. The molecule has 0 aliphatic rings. The largest absolute Gasteiger partial charge is 0.326 e. The molecule has 31 heavy (non-hydrogen) atoms. The first-order valence-electron chi connectivity index (χ1n) is 9.67. The zero-order valence-corrected chi connectivity index (χ0v) is 17.4. The van der Waals surface area contributed by atoms with Gasteiger partial charge in [-0.2, -0.15) is 0 Å². The first-order chi connectivity index (χ1) is 14.9. The second-order valence-corrected chi connectivity index (χ2v) is 7.77. The molecule has 0 unspecified atom stereocenters. The van der Waals surface area contributed by atoms with Crippen LogP contribution < -0.4 is 10.9 Å². The molecule has 158 valence electrons. The van der Waals surface area contributed by atoms with Gasteiger partial charge in [0, 0.05) is 35.9 Å². The van der Waals surface area contributed by atoms with Gasteiger partial charge in [-0.25, -0.2) is 4.39 Å². The lowest BCUT2D eigenvalue weighted by Gasteiger charge is -2.11. The Morgan fingerprint density at radius 1 is 1.16 bits per heavy atom. The molecule has 0 saturated heterocycles. The minimum Gasteiger partial charge on any atom is -0.326 e. The standard InChI is InChI=1S/C22H19ClFN5O2/c1-14(12-20(30)25-17-7-5-15(23)6-8-17)11-19-26-27-21-22(31)28(9-10-29(19)21)18-4-2-3-16(24)13-18/h2-10,13-14H,11-12H2,1H3,(H,25,30)/t14-/m1/s1. The molecule has 2 aromatic heterocycles. The smallest absolute Gasteiger partial charge is 0.300 e. The molecule has 1 atom stereocenters. The maximum Gasteiger partial charge on any atom is 0.300 e. The SMILES string of the molecule is C[C@@H](CC(=O)Nc1ccc(Cl)cc1)Cc1nnc2c(=O)n(-c3cccc(F)c3)ccn12. The van der Waals surface area contributed by atoms with E-state index in [9.17, 15) is 14.0 Å². The Bertz CT molecular complexity index is 1300. The van der Waals surface area contributed by atoms with Crippen molar-refractivity contribution >= 4 is 28.8 Å². The summed E-state index contributed by atoms with van der Waals surface area (Å²) >= 11 is 5.85. The number of nitrogens with zero attached hydrogens (tertiary/aromatic N) is 4. The van der Waals surface area contributed by atoms with Gasteiger partial charge in [0.05, 0.1) is 5.69 Å². The summed E-state index contributed by atoms with van der Waals surface area (Å²) < 4.78 is 16.4. The third-order valence-electron chi connectivity index (χ3n) is 4.82. The fourth-order valence-electron chi connectivity index (χ4n) is 3.35. The van der Waals surface area contributed by atoms with Crippen molar-refractivity contribution in [1.29, 1.82) is 0 Å². The molecule has 2 heterocycles. The summed E-state index contributed by atoms with van der Waals surface area (Å²) in [7, 11) is 0. The van der Waals surface area contributed by atoms with E-state index < -0.39 is 11.4 Å². The van der Waals surface area contributed by atoms with Gasteiger partial charge in [-0.15, -0.1) is 10.2 Å². The van der Waals surface area contributed by atoms with Crippen LogP contribution in [0.5, 0.6) is 0 Å². The number of hydrogen-bond donors (Lipinski definition) is 1. The molecule has 0 bridgehead atoms. The lowest BCUT2D eigenvalue weighted by atomic mass is 10.0. The average Bonchev–Trinajstić information content (AvgIpc) is 3.13. The van der Waals surface area contributed by atoms with Crippen LogP contribution in [0.25, 0.3) is 11.3 Å². The maximum atomic E-state index is 13.5. The Kier molecular flexibility index (Phi) is 5.81. The van der Waals surface area contributed by atoms with Gasteiger partial charge < -0.3 is 5.32 Å². The van der Waals surface area contributed by atoms with Crippen molar-refractivity contribution in [3.05, 3.63) is 87.9 Å². The van der Waals surface area contributed by atoms with Gasteiger partial charge in [0.1, 0.15) is 11.6 Å². The predicted molar refractivity (Wildman–Crippen MR) is 116 cm³/mol. The van der Waals surface area contributed by atoms with Gasteiger partial charge in [-0.3, -0.25) is 18.6 Å².